The smallest absolute Gasteiger partial charge is 0.410 e. The van der Waals surface area contributed by atoms with E-state index in [1.54, 1.807) is 7.11 Å². The molecule has 0 saturated heterocycles. The number of rotatable bonds is 6. The standard InChI is InChI=1S/C21H21NO3/c1-3-12-22(13-14-24-2)21(23)25-15-20-18-10-6-4-8-16(18)17-9-5-7-11-19(17)20/h1,4-11,20H,12-15H2,2H3. The van der Waals surface area contributed by atoms with Gasteiger partial charge in [0.1, 0.15) is 6.61 Å². The molecule has 0 spiro atoms. The Labute approximate surface area is 148 Å². The number of amides is 1. The summed E-state index contributed by atoms with van der Waals surface area (Å²) >= 11 is 0. The lowest BCUT2D eigenvalue weighted by molar-refractivity contribution is 0.0905. The Balaban J connectivity index is 1.75. The van der Waals surface area contributed by atoms with Crippen LogP contribution in [0.15, 0.2) is 48.5 Å². The second-order valence-electron chi connectivity index (χ2n) is 5.92. The van der Waals surface area contributed by atoms with E-state index in [0.29, 0.717) is 19.8 Å². The molecule has 0 radical (unpaired) electrons. The third-order valence-corrected chi connectivity index (χ3v) is 4.44. The minimum Gasteiger partial charge on any atom is -0.448 e. The highest BCUT2D eigenvalue weighted by molar-refractivity contribution is 5.79. The van der Waals surface area contributed by atoms with E-state index >= 15 is 0 Å². The van der Waals surface area contributed by atoms with Crippen LogP contribution in [0.25, 0.3) is 11.1 Å². The summed E-state index contributed by atoms with van der Waals surface area (Å²) in [6.45, 7) is 1.34. The quantitative estimate of drug-likeness (QED) is 0.758. The van der Waals surface area contributed by atoms with Crippen LogP contribution in [0.2, 0.25) is 0 Å². The number of hydrogen-bond acceptors (Lipinski definition) is 3. The van der Waals surface area contributed by atoms with Gasteiger partial charge in [-0.25, -0.2) is 4.79 Å². The summed E-state index contributed by atoms with van der Waals surface area (Å²) in [5, 5.41) is 0. The first-order valence-corrected chi connectivity index (χ1v) is 8.28. The molecular weight excluding hydrogens is 314 g/mol. The van der Waals surface area contributed by atoms with E-state index in [0.717, 1.165) is 0 Å². The molecule has 4 heteroatoms. The van der Waals surface area contributed by atoms with Gasteiger partial charge < -0.3 is 9.47 Å². The number of fused-ring (bicyclic) bond motifs is 3. The molecule has 0 fully saturated rings. The Kier molecular flexibility index (Phi) is 5.37. The summed E-state index contributed by atoms with van der Waals surface area (Å²) in [7, 11) is 1.59. The molecular formula is C21H21NO3. The fourth-order valence-electron chi connectivity index (χ4n) is 3.23. The van der Waals surface area contributed by atoms with Gasteiger partial charge in [-0.15, -0.1) is 6.42 Å². The van der Waals surface area contributed by atoms with Crippen molar-refractivity contribution in [2.75, 3.05) is 33.4 Å². The molecule has 1 aliphatic carbocycles. The normalized spacial score (nSPS) is 12.2. The maximum atomic E-state index is 12.4. The van der Waals surface area contributed by atoms with Crippen LogP contribution >= 0.6 is 0 Å². The van der Waals surface area contributed by atoms with Gasteiger partial charge in [0.2, 0.25) is 0 Å². The van der Waals surface area contributed by atoms with Crippen molar-refractivity contribution >= 4 is 6.09 Å². The molecule has 25 heavy (non-hydrogen) atoms. The molecule has 0 bridgehead atoms. The van der Waals surface area contributed by atoms with Crippen LogP contribution in [0.3, 0.4) is 0 Å². The summed E-state index contributed by atoms with van der Waals surface area (Å²) in [6.07, 6.45) is 4.94. The third kappa shape index (κ3) is 3.52. The second-order valence-corrected chi connectivity index (χ2v) is 5.92. The molecule has 0 aliphatic heterocycles. The zero-order valence-corrected chi connectivity index (χ0v) is 14.3. The van der Waals surface area contributed by atoms with E-state index < -0.39 is 6.09 Å². The van der Waals surface area contributed by atoms with Crippen LogP contribution in [0.5, 0.6) is 0 Å². The van der Waals surface area contributed by atoms with Gasteiger partial charge in [0, 0.05) is 19.6 Å². The fraction of sp³-hybridized carbons (Fsp3) is 0.286. The first-order valence-electron chi connectivity index (χ1n) is 8.28. The molecule has 0 unspecified atom stereocenters. The number of terminal acetylenes is 1. The predicted octanol–water partition coefficient (Wildman–Crippen LogP) is 3.52. The molecule has 128 valence electrons. The molecule has 0 saturated carbocycles. The molecule has 0 N–H and O–H groups in total. The lowest BCUT2D eigenvalue weighted by Crippen LogP contribution is -2.35. The topological polar surface area (TPSA) is 38.8 Å². The highest BCUT2D eigenvalue weighted by Gasteiger charge is 2.29. The molecule has 2 aromatic carbocycles. The zero-order valence-electron chi connectivity index (χ0n) is 14.3. The average molecular weight is 335 g/mol. The Morgan fingerprint density at radius 2 is 1.72 bits per heavy atom. The van der Waals surface area contributed by atoms with Crippen LogP contribution in [-0.4, -0.2) is 44.4 Å². The highest BCUT2D eigenvalue weighted by Crippen LogP contribution is 2.44. The van der Waals surface area contributed by atoms with Crippen molar-refractivity contribution in [2.45, 2.75) is 5.92 Å². The van der Waals surface area contributed by atoms with E-state index in [1.165, 1.54) is 27.2 Å². The van der Waals surface area contributed by atoms with Crippen LogP contribution in [0.1, 0.15) is 17.0 Å². The number of hydrogen-bond donors (Lipinski definition) is 0. The van der Waals surface area contributed by atoms with Gasteiger partial charge in [-0.05, 0) is 22.3 Å². The first kappa shape index (κ1) is 17.1. The summed E-state index contributed by atoms with van der Waals surface area (Å²) in [6, 6.07) is 16.5. The molecule has 4 nitrogen and oxygen atoms in total. The molecule has 0 heterocycles. The van der Waals surface area contributed by atoms with Crippen molar-refractivity contribution in [3.05, 3.63) is 59.7 Å². The van der Waals surface area contributed by atoms with Crippen molar-refractivity contribution in [3.63, 3.8) is 0 Å². The van der Waals surface area contributed by atoms with Crippen LogP contribution in [-0.2, 0) is 9.47 Å². The van der Waals surface area contributed by atoms with Crippen molar-refractivity contribution in [1.82, 2.24) is 4.90 Å². The van der Waals surface area contributed by atoms with E-state index in [1.807, 2.05) is 24.3 Å². The van der Waals surface area contributed by atoms with Gasteiger partial charge in [0.25, 0.3) is 0 Å². The Morgan fingerprint density at radius 1 is 1.12 bits per heavy atom. The van der Waals surface area contributed by atoms with Gasteiger partial charge in [0.05, 0.1) is 13.2 Å². The van der Waals surface area contributed by atoms with Gasteiger partial charge in [-0.2, -0.15) is 0 Å². The van der Waals surface area contributed by atoms with E-state index in [2.05, 4.69) is 30.2 Å². The minimum absolute atomic E-state index is 0.0476. The Bertz CT molecular complexity index is 748. The SMILES string of the molecule is C#CCN(CCOC)C(=O)OCC1c2ccccc2-c2ccccc21. The predicted molar refractivity (Wildman–Crippen MR) is 97.4 cm³/mol. The minimum atomic E-state index is -0.406. The monoisotopic (exact) mass is 335 g/mol. The van der Waals surface area contributed by atoms with Crippen molar-refractivity contribution < 1.29 is 14.3 Å². The van der Waals surface area contributed by atoms with Crippen LogP contribution < -0.4 is 0 Å². The number of nitrogens with zero attached hydrogens (tertiary/aromatic N) is 1. The van der Waals surface area contributed by atoms with Crippen molar-refractivity contribution in [2.24, 2.45) is 0 Å². The number of carbonyl (C=O) groups is 1. The van der Waals surface area contributed by atoms with E-state index in [4.69, 9.17) is 15.9 Å². The Morgan fingerprint density at radius 3 is 2.28 bits per heavy atom. The number of methoxy groups -OCH3 is 1. The first-order chi connectivity index (χ1) is 12.3. The summed E-state index contributed by atoms with van der Waals surface area (Å²) in [5.41, 5.74) is 4.80. The highest BCUT2D eigenvalue weighted by atomic mass is 16.6. The zero-order chi connectivity index (χ0) is 17.6. The lowest BCUT2D eigenvalue weighted by Gasteiger charge is -2.21. The summed E-state index contributed by atoms with van der Waals surface area (Å²) < 4.78 is 10.6. The molecule has 1 amide bonds. The largest absolute Gasteiger partial charge is 0.448 e. The third-order valence-electron chi connectivity index (χ3n) is 4.44. The molecule has 2 aromatic rings. The van der Waals surface area contributed by atoms with Gasteiger partial charge in [0.15, 0.2) is 0 Å². The van der Waals surface area contributed by atoms with Gasteiger partial charge in [-0.3, -0.25) is 4.90 Å². The molecule has 0 atom stereocenters. The number of carbonyl (C=O) groups excluding carboxylic acids is 1. The van der Waals surface area contributed by atoms with Gasteiger partial charge >= 0.3 is 6.09 Å². The lowest BCUT2D eigenvalue weighted by atomic mass is 9.98. The number of benzene rings is 2. The van der Waals surface area contributed by atoms with Crippen LogP contribution in [0.4, 0.5) is 4.79 Å². The molecule has 3 rings (SSSR count). The molecule has 1 aliphatic rings. The molecule has 0 aromatic heterocycles. The Hall–Kier alpha value is -2.77. The summed E-state index contributed by atoms with van der Waals surface area (Å²) in [4.78, 5) is 13.9. The van der Waals surface area contributed by atoms with E-state index in [9.17, 15) is 4.79 Å². The average Bonchev–Trinajstić information content (AvgIpc) is 2.97. The summed E-state index contributed by atoms with van der Waals surface area (Å²) in [5.74, 6) is 2.53. The van der Waals surface area contributed by atoms with Crippen molar-refractivity contribution in [3.8, 4) is 23.5 Å². The van der Waals surface area contributed by atoms with Crippen molar-refractivity contribution in [1.29, 1.82) is 0 Å². The second kappa shape index (κ2) is 7.87. The van der Waals surface area contributed by atoms with Gasteiger partial charge in [-0.1, -0.05) is 54.5 Å². The number of ether oxygens (including phenoxy) is 2. The fourth-order valence-corrected chi connectivity index (χ4v) is 3.23. The van der Waals surface area contributed by atoms with Crippen LogP contribution in [0, 0.1) is 12.3 Å². The maximum absolute atomic E-state index is 12.4. The van der Waals surface area contributed by atoms with E-state index in [-0.39, 0.29) is 12.5 Å². The maximum Gasteiger partial charge on any atom is 0.410 e.